The summed E-state index contributed by atoms with van der Waals surface area (Å²) >= 11 is 0. The fourth-order valence-corrected chi connectivity index (χ4v) is 3.23. The molecule has 0 bridgehead atoms. The molecule has 0 aliphatic carbocycles. The summed E-state index contributed by atoms with van der Waals surface area (Å²) < 4.78 is 7.26. The summed E-state index contributed by atoms with van der Waals surface area (Å²) in [4.78, 5) is 11.2. The van der Waals surface area contributed by atoms with E-state index < -0.39 is 0 Å². The summed E-state index contributed by atoms with van der Waals surface area (Å²) in [6, 6.07) is 8.89. The third-order valence-electron chi connectivity index (χ3n) is 4.80. The van der Waals surface area contributed by atoms with Crippen LogP contribution in [0.3, 0.4) is 0 Å². The molecule has 8 nitrogen and oxygen atoms in total. The minimum absolute atomic E-state index is 0.443. The number of hydrogen-bond donors (Lipinski definition) is 2. The molecule has 0 spiro atoms. The number of benzene rings is 1. The number of aromatic nitrogens is 3. The monoisotopic (exact) mass is 385 g/mol. The second kappa shape index (κ2) is 10.8. The number of nitrogens with zero attached hydrogens (tertiary/aromatic N) is 5. The van der Waals surface area contributed by atoms with Crippen molar-refractivity contribution in [3.63, 3.8) is 0 Å². The molecule has 28 heavy (non-hydrogen) atoms. The number of morpholine rings is 1. The zero-order valence-electron chi connectivity index (χ0n) is 16.8. The van der Waals surface area contributed by atoms with Crippen molar-refractivity contribution in [1.82, 2.24) is 30.3 Å². The van der Waals surface area contributed by atoms with Crippen molar-refractivity contribution in [2.24, 2.45) is 4.99 Å². The number of ether oxygens (including phenoxy) is 1. The molecule has 1 aliphatic heterocycles. The van der Waals surface area contributed by atoms with Crippen LogP contribution < -0.4 is 10.6 Å². The van der Waals surface area contributed by atoms with Crippen molar-refractivity contribution < 1.29 is 4.74 Å². The predicted octanol–water partition coefficient (Wildman–Crippen LogP) is 1.10. The molecule has 1 unspecified atom stereocenters. The summed E-state index contributed by atoms with van der Waals surface area (Å²) in [5, 5.41) is 11.0. The average Bonchev–Trinajstić information content (AvgIpc) is 3.24. The van der Waals surface area contributed by atoms with Crippen molar-refractivity contribution >= 4 is 5.96 Å². The molecule has 8 heteroatoms. The minimum atomic E-state index is 0.443. The molecule has 1 fully saturated rings. The first kappa shape index (κ1) is 20.3. The van der Waals surface area contributed by atoms with Crippen molar-refractivity contribution in [3.05, 3.63) is 48.0 Å². The van der Waals surface area contributed by atoms with Gasteiger partial charge in [0.25, 0.3) is 0 Å². The summed E-state index contributed by atoms with van der Waals surface area (Å²) in [5.74, 6) is 0.851. The Hall–Kier alpha value is -2.45. The van der Waals surface area contributed by atoms with E-state index in [0.717, 1.165) is 45.4 Å². The lowest BCUT2D eigenvalue weighted by Gasteiger charge is -2.32. The lowest BCUT2D eigenvalue weighted by atomic mass is 10.1. The second-order valence-corrected chi connectivity index (χ2v) is 6.99. The van der Waals surface area contributed by atoms with Gasteiger partial charge in [0.05, 0.1) is 26.3 Å². The van der Waals surface area contributed by atoms with Crippen LogP contribution in [0.1, 0.15) is 25.0 Å². The first-order chi connectivity index (χ1) is 13.7. The second-order valence-electron chi connectivity index (χ2n) is 6.99. The Labute approximate surface area is 167 Å². The predicted molar refractivity (Wildman–Crippen MR) is 110 cm³/mol. The number of aliphatic imine (C=N–C) groups is 1. The first-order valence-electron chi connectivity index (χ1n) is 9.99. The number of guanidine groups is 1. The Bertz CT molecular complexity index is 726. The third kappa shape index (κ3) is 6.31. The highest BCUT2D eigenvalue weighted by Gasteiger charge is 2.16. The summed E-state index contributed by atoms with van der Waals surface area (Å²) in [6.07, 6.45) is 3.29. The molecule has 1 aliphatic rings. The highest BCUT2D eigenvalue weighted by molar-refractivity contribution is 5.79. The van der Waals surface area contributed by atoms with Gasteiger partial charge in [-0.3, -0.25) is 4.90 Å². The quantitative estimate of drug-likeness (QED) is 0.523. The maximum Gasteiger partial charge on any atom is 0.191 e. The van der Waals surface area contributed by atoms with Gasteiger partial charge in [-0.15, -0.1) is 0 Å². The highest BCUT2D eigenvalue weighted by atomic mass is 16.5. The molecular weight excluding hydrogens is 354 g/mol. The van der Waals surface area contributed by atoms with Gasteiger partial charge in [-0.2, -0.15) is 5.10 Å². The van der Waals surface area contributed by atoms with E-state index in [-0.39, 0.29) is 0 Å². The van der Waals surface area contributed by atoms with Gasteiger partial charge in [0.2, 0.25) is 0 Å². The molecule has 152 valence electrons. The minimum Gasteiger partial charge on any atom is -0.379 e. The average molecular weight is 386 g/mol. The van der Waals surface area contributed by atoms with Gasteiger partial charge >= 0.3 is 0 Å². The summed E-state index contributed by atoms with van der Waals surface area (Å²) in [7, 11) is 0. The van der Waals surface area contributed by atoms with E-state index in [4.69, 9.17) is 9.73 Å². The van der Waals surface area contributed by atoms with Gasteiger partial charge in [0.1, 0.15) is 12.7 Å². The van der Waals surface area contributed by atoms with Crippen molar-refractivity contribution in [2.75, 3.05) is 39.4 Å². The molecule has 1 saturated heterocycles. The molecule has 1 atom stereocenters. The Morgan fingerprint density at radius 2 is 2.07 bits per heavy atom. The van der Waals surface area contributed by atoms with E-state index in [1.165, 1.54) is 11.1 Å². The Balaban J connectivity index is 1.54. The zero-order valence-corrected chi connectivity index (χ0v) is 16.8. The van der Waals surface area contributed by atoms with Gasteiger partial charge in [-0.1, -0.05) is 24.3 Å². The maximum absolute atomic E-state index is 5.44. The van der Waals surface area contributed by atoms with Crippen LogP contribution >= 0.6 is 0 Å². The fraction of sp³-hybridized carbons (Fsp3) is 0.550. The van der Waals surface area contributed by atoms with Gasteiger partial charge in [-0.25, -0.2) is 14.7 Å². The maximum atomic E-state index is 5.44. The van der Waals surface area contributed by atoms with Crippen LogP contribution in [-0.4, -0.2) is 71.1 Å². The lowest BCUT2D eigenvalue weighted by molar-refractivity contribution is 0.0211. The van der Waals surface area contributed by atoms with Gasteiger partial charge in [-0.05, 0) is 25.0 Å². The zero-order chi connectivity index (χ0) is 19.6. The molecule has 2 N–H and O–H groups in total. The van der Waals surface area contributed by atoms with Crippen molar-refractivity contribution in [1.29, 1.82) is 0 Å². The van der Waals surface area contributed by atoms with Crippen LogP contribution in [0, 0.1) is 0 Å². The number of hydrogen-bond acceptors (Lipinski definition) is 5. The molecule has 2 heterocycles. The normalized spacial score (nSPS) is 16.7. The van der Waals surface area contributed by atoms with Gasteiger partial charge < -0.3 is 15.4 Å². The van der Waals surface area contributed by atoms with E-state index in [1.807, 2.05) is 4.68 Å². The molecule has 3 rings (SSSR count). The topological polar surface area (TPSA) is 79.6 Å². The molecule has 0 amide bonds. The van der Waals surface area contributed by atoms with Crippen LogP contribution in [0.4, 0.5) is 0 Å². The largest absolute Gasteiger partial charge is 0.379 e. The Morgan fingerprint density at radius 3 is 2.82 bits per heavy atom. The summed E-state index contributed by atoms with van der Waals surface area (Å²) in [5.41, 5.74) is 2.37. The van der Waals surface area contributed by atoms with E-state index in [1.54, 1.807) is 12.7 Å². The SMILES string of the molecule is CCNC(=NCc1cccc(Cn2cncn2)c1)NCC(C)N1CCOCC1. The van der Waals surface area contributed by atoms with Gasteiger partial charge in [0.15, 0.2) is 5.96 Å². The molecular formula is C20H31N7O. The number of rotatable bonds is 8. The molecule has 1 aromatic carbocycles. The van der Waals surface area contributed by atoms with Crippen LogP contribution in [0.15, 0.2) is 41.9 Å². The molecule has 1 aromatic heterocycles. The molecule has 0 radical (unpaired) electrons. The number of nitrogens with one attached hydrogen (secondary N) is 2. The van der Waals surface area contributed by atoms with E-state index in [9.17, 15) is 0 Å². The van der Waals surface area contributed by atoms with E-state index >= 15 is 0 Å². The van der Waals surface area contributed by atoms with E-state index in [0.29, 0.717) is 19.1 Å². The van der Waals surface area contributed by atoms with Crippen LogP contribution in [0.2, 0.25) is 0 Å². The van der Waals surface area contributed by atoms with Crippen LogP contribution in [0.5, 0.6) is 0 Å². The smallest absolute Gasteiger partial charge is 0.191 e. The third-order valence-corrected chi connectivity index (χ3v) is 4.80. The Morgan fingerprint density at radius 1 is 1.25 bits per heavy atom. The highest BCUT2D eigenvalue weighted by Crippen LogP contribution is 2.08. The van der Waals surface area contributed by atoms with Crippen LogP contribution in [0.25, 0.3) is 0 Å². The summed E-state index contributed by atoms with van der Waals surface area (Å²) in [6.45, 7) is 11.0. The van der Waals surface area contributed by atoms with Crippen LogP contribution in [-0.2, 0) is 17.8 Å². The van der Waals surface area contributed by atoms with Crippen molar-refractivity contribution in [2.45, 2.75) is 33.0 Å². The standard InChI is InChI=1S/C20H31N7O/c1-3-22-20(23-12-17(2)26-7-9-28-10-8-26)24-13-18-5-4-6-19(11-18)14-27-16-21-15-25-27/h4-6,11,15-17H,3,7-10,12-14H2,1-2H3,(H2,22,23,24). The van der Waals surface area contributed by atoms with E-state index in [2.05, 4.69) is 63.7 Å². The molecule has 2 aromatic rings. The van der Waals surface area contributed by atoms with Crippen molar-refractivity contribution in [3.8, 4) is 0 Å². The lowest BCUT2D eigenvalue weighted by Crippen LogP contribution is -2.49. The van der Waals surface area contributed by atoms with Gasteiger partial charge in [0, 0.05) is 32.2 Å². The fourth-order valence-electron chi connectivity index (χ4n) is 3.23. The molecule has 0 saturated carbocycles. The Kier molecular flexibility index (Phi) is 7.81. The first-order valence-corrected chi connectivity index (χ1v) is 9.99.